The van der Waals surface area contributed by atoms with E-state index in [9.17, 15) is 31.1 Å². The van der Waals surface area contributed by atoms with Crippen molar-refractivity contribution in [3.05, 3.63) is 70.9 Å². The summed E-state index contributed by atoms with van der Waals surface area (Å²) in [7, 11) is 1.64. The number of carbonyl (C=O) groups is 1. The van der Waals surface area contributed by atoms with Gasteiger partial charge in [0.25, 0.3) is 5.91 Å². The van der Waals surface area contributed by atoms with E-state index in [0.717, 1.165) is 29.6 Å². The molecular weight excluding hydrogens is 661 g/mol. The molecule has 0 radical (unpaired) electrons. The molecule has 7 nitrogen and oxygen atoms in total. The first-order valence-corrected chi connectivity index (χ1v) is 14.6. The number of H-pyrrole nitrogens is 1. The molecule has 5 rings (SSSR count). The SMILES string of the molecule is COC[C@@H]1COCCN1CCN1CCN(C(=O)c2cc(C(F)(F)F)cc(C(F)(F)F)c2)[C@H](C(C)c2c[nH]c3ccccc23)C1.Cl.Cl. The number of aromatic amines is 1. The lowest BCUT2D eigenvalue weighted by Gasteiger charge is -2.45. The molecule has 256 valence electrons. The van der Waals surface area contributed by atoms with Crippen molar-refractivity contribution >= 4 is 41.6 Å². The number of hydrogen-bond donors (Lipinski definition) is 1. The summed E-state index contributed by atoms with van der Waals surface area (Å²) in [6.07, 6.45) is -8.25. The van der Waals surface area contributed by atoms with E-state index in [1.54, 1.807) is 7.11 Å². The molecule has 3 heterocycles. The molecule has 1 aromatic heterocycles. The van der Waals surface area contributed by atoms with Crippen LogP contribution in [0, 0.1) is 0 Å². The number of carbonyl (C=O) groups excluding carboxylic acids is 1. The number of benzene rings is 2. The number of methoxy groups -OCH3 is 1. The van der Waals surface area contributed by atoms with E-state index in [-0.39, 0.29) is 49.4 Å². The lowest BCUT2D eigenvalue weighted by atomic mass is 9.89. The molecule has 2 aliphatic heterocycles. The van der Waals surface area contributed by atoms with Gasteiger partial charge in [-0.05, 0) is 29.8 Å². The van der Waals surface area contributed by atoms with Crippen molar-refractivity contribution in [2.75, 3.05) is 66.2 Å². The Morgan fingerprint density at radius 1 is 1.00 bits per heavy atom. The Morgan fingerprint density at radius 2 is 1.67 bits per heavy atom. The Hall–Kier alpha value is -2.55. The van der Waals surface area contributed by atoms with Crippen molar-refractivity contribution in [1.82, 2.24) is 19.7 Å². The van der Waals surface area contributed by atoms with Crippen LogP contribution in [0.25, 0.3) is 10.9 Å². The first-order valence-electron chi connectivity index (χ1n) is 14.6. The predicted molar refractivity (Wildman–Crippen MR) is 167 cm³/mol. The molecule has 15 heteroatoms. The number of nitrogens with zero attached hydrogens (tertiary/aromatic N) is 3. The van der Waals surface area contributed by atoms with Gasteiger partial charge in [0.1, 0.15) is 0 Å². The Labute approximate surface area is 276 Å². The van der Waals surface area contributed by atoms with E-state index < -0.39 is 41.0 Å². The molecule has 0 bridgehead atoms. The molecule has 2 aromatic carbocycles. The number of aromatic nitrogens is 1. The number of alkyl halides is 6. The second-order valence-electron chi connectivity index (χ2n) is 11.5. The molecule has 3 atom stereocenters. The van der Waals surface area contributed by atoms with E-state index in [1.165, 1.54) is 4.90 Å². The minimum atomic E-state index is -5.05. The molecule has 1 unspecified atom stereocenters. The van der Waals surface area contributed by atoms with Crippen molar-refractivity contribution in [3.8, 4) is 0 Å². The first-order chi connectivity index (χ1) is 20.9. The van der Waals surface area contributed by atoms with Gasteiger partial charge in [0.05, 0.1) is 43.0 Å². The van der Waals surface area contributed by atoms with E-state index in [4.69, 9.17) is 9.47 Å². The second-order valence-corrected chi connectivity index (χ2v) is 11.5. The van der Waals surface area contributed by atoms with Gasteiger partial charge in [-0.15, -0.1) is 24.8 Å². The van der Waals surface area contributed by atoms with Crippen LogP contribution in [0.1, 0.15) is 39.9 Å². The highest BCUT2D eigenvalue weighted by Crippen LogP contribution is 2.38. The first kappa shape index (κ1) is 37.9. The van der Waals surface area contributed by atoms with Gasteiger partial charge in [0.15, 0.2) is 0 Å². The van der Waals surface area contributed by atoms with Crippen molar-refractivity contribution in [1.29, 1.82) is 0 Å². The molecule has 2 fully saturated rings. The summed E-state index contributed by atoms with van der Waals surface area (Å²) in [6.45, 7) is 6.75. The van der Waals surface area contributed by atoms with Gasteiger partial charge in [-0.1, -0.05) is 25.1 Å². The normalized spacial score (nSPS) is 20.7. The number of rotatable bonds is 8. The average Bonchev–Trinajstić information content (AvgIpc) is 3.43. The zero-order chi connectivity index (χ0) is 31.6. The zero-order valence-electron chi connectivity index (χ0n) is 25.4. The number of amides is 1. The highest BCUT2D eigenvalue weighted by atomic mass is 35.5. The summed E-state index contributed by atoms with van der Waals surface area (Å²) in [5.41, 5.74) is -1.84. The van der Waals surface area contributed by atoms with Crippen LogP contribution in [0.3, 0.4) is 0 Å². The van der Waals surface area contributed by atoms with Gasteiger partial charge in [0.2, 0.25) is 0 Å². The average molecular weight is 700 g/mol. The Kier molecular flexibility index (Phi) is 12.8. The van der Waals surface area contributed by atoms with Crippen LogP contribution < -0.4 is 0 Å². The summed E-state index contributed by atoms with van der Waals surface area (Å²) in [5.74, 6) is -1.14. The lowest BCUT2D eigenvalue weighted by Crippen LogP contribution is -2.58. The number of ether oxygens (including phenoxy) is 2. The molecule has 46 heavy (non-hydrogen) atoms. The van der Waals surface area contributed by atoms with Crippen molar-refractivity contribution in [2.45, 2.75) is 37.3 Å². The second kappa shape index (κ2) is 15.6. The smallest absolute Gasteiger partial charge is 0.383 e. The van der Waals surface area contributed by atoms with Crippen LogP contribution in [0.2, 0.25) is 0 Å². The van der Waals surface area contributed by atoms with Crippen LogP contribution in [0.5, 0.6) is 0 Å². The molecule has 1 amide bonds. The van der Waals surface area contributed by atoms with Crippen LogP contribution in [0.15, 0.2) is 48.7 Å². The monoisotopic (exact) mass is 698 g/mol. The van der Waals surface area contributed by atoms with Crippen molar-refractivity contribution < 1.29 is 40.6 Å². The number of piperazine rings is 1. The maximum Gasteiger partial charge on any atom is 0.416 e. The number of para-hydroxylation sites is 1. The lowest BCUT2D eigenvalue weighted by molar-refractivity contribution is -0.143. The van der Waals surface area contributed by atoms with Gasteiger partial charge in [0, 0.05) is 75.0 Å². The van der Waals surface area contributed by atoms with Gasteiger partial charge < -0.3 is 19.4 Å². The summed E-state index contributed by atoms with van der Waals surface area (Å²) in [4.78, 5) is 23.0. The maximum atomic E-state index is 13.9. The van der Waals surface area contributed by atoms with Crippen molar-refractivity contribution in [3.63, 3.8) is 0 Å². The van der Waals surface area contributed by atoms with E-state index in [0.29, 0.717) is 51.6 Å². The van der Waals surface area contributed by atoms with Gasteiger partial charge >= 0.3 is 12.4 Å². The van der Waals surface area contributed by atoms with E-state index in [2.05, 4.69) is 14.8 Å². The molecular formula is C31H38Cl2F6N4O3. The standard InChI is InChI=1S/C31H36F6N4O3.2ClH/c1-20(26-16-38-27-6-4-3-5-25(26)27)28-17-39(7-9-40-11-12-44-19-24(40)18-43-2)8-10-41(28)29(42)21-13-22(30(32,33)34)15-23(14-21)31(35,36)37;;/h3-6,13-16,20,24,28,38H,7-12,17-19H2,1-2H3;2*1H/t20?,24-,28+;;/m1../s1. The van der Waals surface area contributed by atoms with Gasteiger partial charge in [-0.3, -0.25) is 14.6 Å². The van der Waals surface area contributed by atoms with Crippen LogP contribution in [-0.2, 0) is 21.8 Å². The fraction of sp³-hybridized carbons (Fsp3) is 0.516. The third kappa shape index (κ3) is 8.48. The molecule has 3 aromatic rings. The molecule has 0 spiro atoms. The largest absolute Gasteiger partial charge is 0.416 e. The van der Waals surface area contributed by atoms with Gasteiger partial charge in [-0.25, -0.2) is 0 Å². The van der Waals surface area contributed by atoms with Gasteiger partial charge in [-0.2, -0.15) is 26.3 Å². The molecule has 1 N–H and O–H groups in total. The van der Waals surface area contributed by atoms with Crippen LogP contribution in [0.4, 0.5) is 26.3 Å². The summed E-state index contributed by atoms with van der Waals surface area (Å²) >= 11 is 0. The third-order valence-electron chi connectivity index (χ3n) is 8.70. The molecule has 0 aliphatic carbocycles. The molecule has 2 aliphatic rings. The van der Waals surface area contributed by atoms with E-state index in [1.807, 2.05) is 37.4 Å². The minimum absolute atomic E-state index is 0. The highest BCUT2D eigenvalue weighted by molar-refractivity contribution is 5.95. The van der Waals surface area contributed by atoms with E-state index >= 15 is 0 Å². The molecule has 2 saturated heterocycles. The number of fused-ring (bicyclic) bond motifs is 1. The Bertz CT molecular complexity index is 1420. The third-order valence-corrected chi connectivity index (χ3v) is 8.70. The Morgan fingerprint density at radius 3 is 2.33 bits per heavy atom. The summed E-state index contributed by atoms with van der Waals surface area (Å²) in [5, 5.41) is 0.943. The fourth-order valence-electron chi connectivity index (χ4n) is 6.27. The quantitative estimate of drug-likeness (QED) is 0.279. The maximum absolute atomic E-state index is 13.9. The van der Waals surface area contributed by atoms with Crippen molar-refractivity contribution in [2.24, 2.45) is 0 Å². The highest BCUT2D eigenvalue weighted by Gasteiger charge is 2.40. The minimum Gasteiger partial charge on any atom is -0.383 e. The number of halogens is 8. The number of nitrogens with one attached hydrogen (secondary N) is 1. The predicted octanol–water partition coefficient (Wildman–Crippen LogP) is 6.33. The summed E-state index contributed by atoms with van der Waals surface area (Å²) in [6, 6.07) is 8.33. The topological polar surface area (TPSA) is 61.0 Å². The summed E-state index contributed by atoms with van der Waals surface area (Å²) < 4.78 is 92.7. The fourth-order valence-corrected chi connectivity index (χ4v) is 6.27. The van der Waals surface area contributed by atoms with Crippen LogP contribution >= 0.6 is 24.8 Å². The Balaban J connectivity index is 0.00000288. The van der Waals surface area contributed by atoms with Crippen LogP contribution in [-0.4, -0.2) is 104 Å². The number of morpholine rings is 1. The number of hydrogen-bond acceptors (Lipinski definition) is 5. The molecule has 0 saturated carbocycles. The zero-order valence-corrected chi connectivity index (χ0v) is 27.0.